The summed E-state index contributed by atoms with van der Waals surface area (Å²) in [6.07, 6.45) is 0. The number of nitrogens with zero attached hydrogens (tertiary/aromatic N) is 1. The van der Waals surface area contributed by atoms with Crippen LogP contribution in [0.15, 0.2) is 211 Å². The topological polar surface area (TPSA) is 16.4 Å². The SMILES string of the molecule is CC(C)(C)c1ccc(-c2ccc(-c3ccc(N(c4ccc5c(c4)-c4cc6ccccc6cc4C5(C)C)c4ccc5ccccc5c4-c4cccc5c4oc4ccccc45)cc3)cc2)cc1. The summed E-state index contributed by atoms with van der Waals surface area (Å²) in [4.78, 5) is 2.46. The minimum atomic E-state index is -0.143. The number of furan rings is 1. The fourth-order valence-electron chi connectivity index (χ4n) is 10.5. The molecule has 2 heteroatoms. The number of rotatable bonds is 6. The Morgan fingerprint density at radius 2 is 0.969 bits per heavy atom. The molecule has 10 aromatic carbocycles. The van der Waals surface area contributed by atoms with Gasteiger partial charge in [-0.1, -0.05) is 192 Å². The maximum atomic E-state index is 6.79. The average molecular weight is 836 g/mol. The lowest BCUT2D eigenvalue weighted by atomic mass is 9.82. The molecular weight excluding hydrogens is 787 g/mol. The van der Waals surface area contributed by atoms with Gasteiger partial charge in [-0.2, -0.15) is 0 Å². The zero-order valence-electron chi connectivity index (χ0n) is 37.5. The van der Waals surface area contributed by atoms with Crippen molar-refractivity contribution in [2.24, 2.45) is 0 Å². The van der Waals surface area contributed by atoms with E-state index in [0.29, 0.717) is 0 Å². The first-order valence-electron chi connectivity index (χ1n) is 22.8. The Balaban J connectivity index is 1.04. The van der Waals surface area contributed by atoms with Gasteiger partial charge in [0.25, 0.3) is 0 Å². The number of benzene rings is 10. The average Bonchev–Trinajstić information content (AvgIpc) is 3.82. The molecule has 1 aliphatic rings. The summed E-state index contributed by atoms with van der Waals surface area (Å²) in [7, 11) is 0. The van der Waals surface area contributed by atoms with Crippen molar-refractivity contribution in [3.63, 3.8) is 0 Å². The lowest BCUT2D eigenvalue weighted by molar-refractivity contribution is 0.590. The third-order valence-electron chi connectivity index (χ3n) is 14.0. The standard InChI is InChI=1S/C63H49NO/c1-62(2,3)47-30-25-42(26-31-47)40-21-23-41(24-22-40)43-27-32-48(33-28-43)64(49-34-35-56-55(39-49)54-37-45-14-6-7-15-46(45)38-57(54)63(56,4)5)58-36-29-44-13-8-9-16-50(44)60(58)53-19-12-18-52-51-17-10-11-20-59(51)65-61(52)53/h6-39H,1-5H3. The van der Waals surface area contributed by atoms with Crippen LogP contribution in [0.5, 0.6) is 0 Å². The van der Waals surface area contributed by atoms with Gasteiger partial charge in [-0.05, 0) is 126 Å². The van der Waals surface area contributed by atoms with E-state index in [4.69, 9.17) is 4.42 Å². The van der Waals surface area contributed by atoms with Gasteiger partial charge < -0.3 is 9.32 Å². The van der Waals surface area contributed by atoms with Crippen LogP contribution < -0.4 is 4.90 Å². The van der Waals surface area contributed by atoms with E-state index in [1.165, 1.54) is 71.6 Å². The van der Waals surface area contributed by atoms with Gasteiger partial charge in [-0.3, -0.25) is 0 Å². The zero-order chi connectivity index (χ0) is 44.0. The van der Waals surface area contributed by atoms with E-state index in [2.05, 4.69) is 246 Å². The third kappa shape index (κ3) is 6.39. The Morgan fingerprint density at radius 3 is 1.66 bits per heavy atom. The highest BCUT2D eigenvalue weighted by atomic mass is 16.3. The molecule has 0 unspecified atom stereocenters. The number of para-hydroxylation sites is 2. The van der Waals surface area contributed by atoms with E-state index in [1.54, 1.807) is 0 Å². The van der Waals surface area contributed by atoms with Crippen LogP contribution in [0.1, 0.15) is 51.3 Å². The van der Waals surface area contributed by atoms with Crippen molar-refractivity contribution in [1.82, 2.24) is 0 Å². The van der Waals surface area contributed by atoms with Gasteiger partial charge in [-0.15, -0.1) is 0 Å². The van der Waals surface area contributed by atoms with Crippen molar-refractivity contribution in [3.05, 3.63) is 223 Å². The first kappa shape index (κ1) is 39.0. The second kappa shape index (κ2) is 14.7. The van der Waals surface area contributed by atoms with Crippen LogP contribution in [0.25, 0.3) is 88.0 Å². The first-order valence-corrected chi connectivity index (χ1v) is 22.8. The smallest absolute Gasteiger partial charge is 0.143 e. The van der Waals surface area contributed by atoms with Gasteiger partial charge in [0.15, 0.2) is 0 Å². The maximum absolute atomic E-state index is 6.79. The quantitative estimate of drug-likeness (QED) is 0.166. The Labute approximate surface area is 381 Å². The fourth-order valence-corrected chi connectivity index (χ4v) is 10.5. The third-order valence-corrected chi connectivity index (χ3v) is 14.0. The minimum Gasteiger partial charge on any atom is -0.455 e. The van der Waals surface area contributed by atoms with Gasteiger partial charge in [0.1, 0.15) is 11.2 Å². The number of hydrogen-bond donors (Lipinski definition) is 0. The molecule has 0 saturated heterocycles. The number of fused-ring (bicyclic) bond motifs is 8. The van der Waals surface area contributed by atoms with E-state index in [1.807, 2.05) is 0 Å². The van der Waals surface area contributed by atoms with Crippen LogP contribution in [0.4, 0.5) is 17.1 Å². The van der Waals surface area contributed by atoms with Crippen molar-refractivity contribution >= 4 is 60.5 Å². The minimum absolute atomic E-state index is 0.126. The predicted molar refractivity (Wildman–Crippen MR) is 276 cm³/mol. The molecule has 0 spiro atoms. The van der Waals surface area contributed by atoms with Crippen molar-refractivity contribution in [1.29, 1.82) is 0 Å². The van der Waals surface area contributed by atoms with Gasteiger partial charge in [0.2, 0.25) is 0 Å². The summed E-state index contributed by atoms with van der Waals surface area (Å²) in [6.45, 7) is 11.5. The second-order valence-electron chi connectivity index (χ2n) is 19.3. The summed E-state index contributed by atoms with van der Waals surface area (Å²) in [5, 5.41) is 7.13. The highest BCUT2D eigenvalue weighted by molar-refractivity contribution is 6.15. The molecule has 0 N–H and O–H groups in total. The summed E-state index contributed by atoms with van der Waals surface area (Å²) in [5.74, 6) is 0. The lowest BCUT2D eigenvalue weighted by Gasteiger charge is -2.30. The van der Waals surface area contributed by atoms with Crippen LogP contribution >= 0.6 is 0 Å². The van der Waals surface area contributed by atoms with E-state index in [-0.39, 0.29) is 10.8 Å². The Bertz CT molecular complexity index is 3640. The normalized spacial score (nSPS) is 13.1. The molecule has 11 aromatic rings. The molecule has 1 aromatic heterocycles. The second-order valence-corrected chi connectivity index (χ2v) is 19.3. The summed E-state index contributed by atoms with van der Waals surface area (Å²) in [5.41, 5.74) is 18.7. The molecule has 1 heterocycles. The van der Waals surface area contributed by atoms with Crippen molar-refractivity contribution in [2.75, 3.05) is 4.90 Å². The molecular formula is C63H49NO. The van der Waals surface area contributed by atoms with Gasteiger partial charge >= 0.3 is 0 Å². The monoisotopic (exact) mass is 835 g/mol. The van der Waals surface area contributed by atoms with E-state index in [0.717, 1.165) is 50.1 Å². The first-order chi connectivity index (χ1) is 31.6. The van der Waals surface area contributed by atoms with Gasteiger partial charge in [-0.25, -0.2) is 0 Å². The molecule has 0 atom stereocenters. The van der Waals surface area contributed by atoms with Crippen molar-refractivity contribution in [3.8, 4) is 44.5 Å². The summed E-state index contributed by atoms with van der Waals surface area (Å²) < 4.78 is 6.79. The lowest BCUT2D eigenvalue weighted by Crippen LogP contribution is -2.15. The van der Waals surface area contributed by atoms with Crippen molar-refractivity contribution in [2.45, 2.75) is 45.4 Å². The molecule has 0 amide bonds. The molecule has 2 nitrogen and oxygen atoms in total. The van der Waals surface area contributed by atoms with Crippen LogP contribution in [0.3, 0.4) is 0 Å². The molecule has 1 aliphatic carbocycles. The number of anilines is 3. The molecule has 0 radical (unpaired) electrons. The maximum Gasteiger partial charge on any atom is 0.143 e. The Morgan fingerprint density at radius 1 is 0.415 bits per heavy atom. The van der Waals surface area contributed by atoms with Crippen LogP contribution in [-0.2, 0) is 10.8 Å². The highest BCUT2D eigenvalue weighted by Gasteiger charge is 2.36. The Hall–Kier alpha value is -7.68. The van der Waals surface area contributed by atoms with Gasteiger partial charge in [0, 0.05) is 38.7 Å². The molecule has 0 saturated carbocycles. The van der Waals surface area contributed by atoms with E-state index in [9.17, 15) is 0 Å². The Kier molecular flexibility index (Phi) is 8.80. The highest BCUT2D eigenvalue weighted by Crippen LogP contribution is 2.53. The molecule has 312 valence electrons. The molecule has 12 rings (SSSR count). The largest absolute Gasteiger partial charge is 0.455 e. The summed E-state index contributed by atoms with van der Waals surface area (Å²) in [6, 6.07) is 76.1. The molecule has 65 heavy (non-hydrogen) atoms. The van der Waals surface area contributed by atoms with E-state index < -0.39 is 0 Å². The van der Waals surface area contributed by atoms with Crippen LogP contribution in [-0.4, -0.2) is 0 Å². The predicted octanol–water partition coefficient (Wildman–Crippen LogP) is 18.0. The molecule has 0 fully saturated rings. The molecule has 0 bridgehead atoms. The zero-order valence-corrected chi connectivity index (χ0v) is 37.5. The van der Waals surface area contributed by atoms with Crippen LogP contribution in [0, 0.1) is 0 Å². The van der Waals surface area contributed by atoms with Gasteiger partial charge in [0.05, 0.1) is 5.69 Å². The van der Waals surface area contributed by atoms with Crippen molar-refractivity contribution < 1.29 is 4.42 Å². The molecule has 0 aliphatic heterocycles. The summed E-state index contributed by atoms with van der Waals surface area (Å²) >= 11 is 0. The van der Waals surface area contributed by atoms with Crippen LogP contribution in [0.2, 0.25) is 0 Å². The fraction of sp³-hybridized carbons (Fsp3) is 0.111. The number of hydrogen-bond acceptors (Lipinski definition) is 2. The van der Waals surface area contributed by atoms with E-state index >= 15 is 0 Å².